The summed E-state index contributed by atoms with van der Waals surface area (Å²) in [6.07, 6.45) is 0.863. The average Bonchev–Trinajstić information content (AvgIpc) is 2.23. The number of likely N-dealkylation sites (N-methyl/N-ethyl adjacent to an activating group) is 1. The first-order valence-corrected chi connectivity index (χ1v) is 4.47. The minimum atomic E-state index is -1.05. The summed E-state index contributed by atoms with van der Waals surface area (Å²) in [6, 6.07) is 0. The maximum atomic E-state index is 11.4. The van der Waals surface area contributed by atoms with Crippen molar-refractivity contribution in [3.8, 4) is 0 Å². The molecule has 0 saturated carbocycles. The van der Waals surface area contributed by atoms with Gasteiger partial charge in [0, 0.05) is 7.05 Å². The zero-order valence-corrected chi connectivity index (χ0v) is 9.57. The molecule has 0 heterocycles. The Kier molecular flexibility index (Phi) is 4.84. The van der Waals surface area contributed by atoms with E-state index in [4.69, 9.17) is 4.74 Å². The normalized spacial score (nSPS) is 10.4. The molecule has 0 aromatic heterocycles. The number of methoxy groups -OCH3 is 1. The van der Waals surface area contributed by atoms with Crippen molar-refractivity contribution in [3.63, 3.8) is 0 Å². The Bertz CT molecular complexity index is 260. The number of esters is 1. The zero-order chi connectivity index (χ0) is 12.1. The molecule has 0 spiro atoms. The lowest BCUT2D eigenvalue weighted by molar-refractivity contribution is -0.151. The van der Waals surface area contributed by atoms with E-state index in [1.807, 2.05) is 0 Å². The molecule has 0 unspecified atom stereocenters. The summed E-state index contributed by atoms with van der Waals surface area (Å²) in [6.45, 7) is 6.68. The summed E-state index contributed by atoms with van der Waals surface area (Å²) in [7, 11) is 2.75. The van der Waals surface area contributed by atoms with Gasteiger partial charge in [-0.1, -0.05) is 12.7 Å². The highest BCUT2D eigenvalue weighted by Gasteiger charge is 2.37. The first kappa shape index (κ1) is 13.5. The molecule has 0 aliphatic rings. The van der Waals surface area contributed by atoms with Gasteiger partial charge >= 0.3 is 12.1 Å². The van der Waals surface area contributed by atoms with Crippen LogP contribution in [-0.2, 0) is 14.3 Å². The maximum absolute atomic E-state index is 11.4. The van der Waals surface area contributed by atoms with E-state index in [1.165, 1.54) is 25.1 Å². The number of nitrogens with zero attached hydrogens (tertiary/aromatic N) is 1. The molecule has 0 bridgehead atoms. The molecular weight excluding hydrogens is 198 g/mol. The summed E-state index contributed by atoms with van der Waals surface area (Å²) < 4.78 is 9.38. The summed E-state index contributed by atoms with van der Waals surface area (Å²) in [4.78, 5) is 24.0. The van der Waals surface area contributed by atoms with Crippen molar-refractivity contribution in [2.75, 3.05) is 20.8 Å². The Hall–Kier alpha value is -1.52. The van der Waals surface area contributed by atoms with Crippen LogP contribution in [0.2, 0.25) is 0 Å². The van der Waals surface area contributed by atoms with Crippen LogP contribution in [0.1, 0.15) is 13.8 Å². The van der Waals surface area contributed by atoms with Crippen molar-refractivity contribution in [3.05, 3.63) is 12.7 Å². The van der Waals surface area contributed by atoms with Gasteiger partial charge in [-0.2, -0.15) is 0 Å². The topological polar surface area (TPSA) is 55.8 Å². The molecule has 0 atom stereocenters. The number of carbonyl (C=O) groups is 2. The number of carbonyl (C=O) groups excluding carboxylic acids is 2. The van der Waals surface area contributed by atoms with Crippen LogP contribution in [0.5, 0.6) is 0 Å². The van der Waals surface area contributed by atoms with Crippen LogP contribution in [0.3, 0.4) is 0 Å². The fraction of sp³-hybridized carbons (Fsp3) is 0.600. The Labute approximate surface area is 89.6 Å². The van der Waals surface area contributed by atoms with Crippen molar-refractivity contribution in [2.45, 2.75) is 19.4 Å². The third-order valence-electron chi connectivity index (χ3n) is 2.12. The fourth-order valence-electron chi connectivity index (χ4n) is 0.842. The van der Waals surface area contributed by atoms with Gasteiger partial charge in [0.2, 0.25) is 0 Å². The van der Waals surface area contributed by atoms with Gasteiger partial charge in [-0.25, -0.2) is 9.59 Å². The zero-order valence-electron chi connectivity index (χ0n) is 9.57. The van der Waals surface area contributed by atoms with Crippen LogP contribution in [0, 0.1) is 0 Å². The standard InChI is InChI=1S/C10H17NO4/c1-6-7-15-9(13)11(4)10(2,3)8(12)14-5/h6H,1,7H2,2-5H3. The third kappa shape index (κ3) is 3.27. The van der Waals surface area contributed by atoms with E-state index in [-0.39, 0.29) is 6.61 Å². The smallest absolute Gasteiger partial charge is 0.410 e. The monoisotopic (exact) mass is 215 g/mol. The van der Waals surface area contributed by atoms with Gasteiger partial charge in [-0.15, -0.1) is 0 Å². The lowest BCUT2D eigenvalue weighted by Gasteiger charge is -2.31. The second-order valence-corrected chi connectivity index (χ2v) is 3.48. The largest absolute Gasteiger partial charge is 0.467 e. The summed E-state index contributed by atoms with van der Waals surface area (Å²) in [5.41, 5.74) is -1.05. The molecule has 15 heavy (non-hydrogen) atoms. The molecule has 0 radical (unpaired) electrons. The van der Waals surface area contributed by atoms with E-state index in [0.29, 0.717) is 0 Å². The first-order chi connectivity index (χ1) is 6.87. The van der Waals surface area contributed by atoms with E-state index in [0.717, 1.165) is 0 Å². The van der Waals surface area contributed by atoms with Gasteiger partial charge in [0.25, 0.3) is 0 Å². The van der Waals surface area contributed by atoms with Crippen molar-refractivity contribution < 1.29 is 19.1 Å². The van der Waals surface area contributed by atoms with Gasteiger partial charge in [0.05, 0.1) is 7.11 Å². The average molecular weight is 215 g/mol. The van der Waals surface area contributed by atoms with Crippen LogP contribution in [0.15, 0.2) is 12.7 Å². The highest BCUT2D eigenvalue weighted by molar-refractivity contribution is 5.84. The van der Waals surface area contributed by atoms with E-state index < -0.39 is 17.6 Å². The van der Waals surface area contributed by atoms with Gasteiger partial charge in [0.15, 0.2) is 0 Å². The summed E-state index contributed by atoms with van der Waals surface area (Å²) >= 11 is 0. The second-order valence-electron chi connectivity index (χ2n) is 3.48. The molecule has 1 amide bonds. The molecule has 0 aliphatic heterocycles. The molecule has 0 N–H and O–H groups in total. The molecule has 5 heteroatoms. The van der Waals surface area contributed by atoms with E-state index in [1.54, 1.807) is 13.8 Å². The van der Waals surface area contributed by atoms with Gasteiger partial charge in [-0.3, -0.25) is 4.90 Å². The van der Waals surface area contributed by atoms with Crippen LogP contribution in [-0.4, -0.2) is 43.3 Å². The highest BCUT2D eigenvalue weighted by atomic mass is 16.6. The Morgan fingerprint density at radius 2 is 2.00 bits per heavy atom. The van der Waals surface area contributed by atoms with E-state index in [2.05, 4.69) is 11.3 Å². The first-order valence-electron chi connectivity index (χ1n) is 4.47. The number of hydrogen-bond acceptors (Lipinski definition) is 4. The SMILES string of the molecule is C=CCOC(=O)N(C)C(C)(C)C(=O)OC. The minimum absolute atomic E-state index is 0.112. The van der Waals surface area contributed by atoms with Gasteiger partial charge in [0.1, 0.15) is 12.1 Å². The lowest BCUT2D eigenvalue weighted by atomic mass is 10.1. The van der Waals surface area contributed by atoms with Gasteiger partial charge < -0.3 is 9.47 Å². The number of amides is 1. The van der Waals surface area contributed by atoms with Crippen LogP contribution >= 0.6 is 0 Å². The Morgan fingerprint density at radius 3 is 2.40 bits per heavy atom. The molecule has 5 nitrogen and oxygen atoms in total. The lowest BCUT2D eigenvalue weighted by Crippen LogP contribution is -2.51. The third-order valence-corrected chi connectivity index (χ3v) is 2.12. The highest BCUT2D eigenvalue weighted by Crippen LogP contribution is 2.15. The number of ether oxygens (including phenoxy) is 2. The Balaban J connectivity index is 4.53. The van der Waals surface area contributed by atoms with Crippen molar-refractivity contribution >= 4 is 12.1 Å². The second kappa shape index (κ2) is 5.38. The van der Waals surface area contributed by atoms with E-state index in [9.17, 15) is 9.59 Å². The van der Waals surface area contributed by atoms with Crippen molar-refractivity contribution in [1.29, 1.82) is 0 Å². The number of hydrogen-bond donors (Lipinski definition) is 0. The fourth-order valence-corrected chi connectivity index (χ4v) is 0.842. The number of rotatable bonds is 4. The van der Waals surface area contributed by atoms with Crippen LogP contribution in [0.4, 0.5) is 4.79 Å². The summed E-state index contributed by atoms with van der Waals surface area (Å²) in [5.74, 6) is -0.499. The molecule has 0 fully saturated rings. The molecular formula is C10H17NO4. The molecule has 86 valence electrons. The maximum Gasteiger partial charge on any atom is 0.410 e. The predicted octanol–water partition coefficient (Wildman–Crippen LogP) is 1.19. The van der Waals surface area contributed by atoms with Crippen molar-refractivity contribution in [1.82, 2.24) is 4.90 Å². The minimum Gasteiger partial charge on any atom is -0.467 e. The van der Waals surface area contributed by atoms with E-state index >= 15 is 0 Å². The molecule has 0 aromatic rings. The Morgan fingerprint density at radius 1 is 1.47 bits per heavy atom. The predicted molar refractivity (Wildman–Crippen MR) is 55.4 cm³/mol. The summed E-state index contributed by atoms with van der Waals surface area (Å²) in [5, 5.41) is 0. The molecule has 0 saturated heterocycles. The van der Waals surface area contributed by atoms with Crippen molar-refractivity contribution in [2.24, 2.45) is 0 Å². The van der Waals surface area contributed by atoms with Gasteiger partial charge in [-0.05, 0) is 13.8 Å². The molecule has 0 aliphatic carbocycles. The van der Waals surface area contributed by atoms with Crippen LogP contribution in [0.25, 0.3) is 0 Å². The molecule has 0 aromatic carbocycles. The van der Waals surface area contributed by atoms with Crippen LogP contribution < -0.4 is 0 Å². The molecule has 0 rings (SSSR count). The quantitative estimate of drug-likeness (QED) is 0.522.